The standard InChI is InChI=1S/C11H14ClFO3S/c1-9-5-4-6-10(11(9)13)16-7-2-3-8-17(12,14)15/h4-6H,2-3,7-8H2,1H3. The number of unbranched alkanes of at least 4 members (excludes halogenated alkanes) is 1. The van der Waals surface area contributed by atoms with Gasteiger partial charge in [0.1, 0.15) is 0 Å². The van der Waals surface area contributed by atoms with Crippen LogP contribution in [0.5, 0.6) is 5.75 Å². The Bertz CT molecular complexity index is 474. The Morgan fingerprint density at radius 3 is 2.71 bits per heavy atom. The number of rotatable bonds is 6. The van der Waals surface area contributed by atoms with Gasteiger partial charge in [-0.3, -0.25) is 0 Å². The molecule has 0 saturated carbocycles. The molecule has 0 unspecified atom stereocenters. The Balaban J connectivity index is 2.34. The summed E-state index contributed by atoms with van der Waals surface area (Å²) < 4.78 is 39.9. The topological polar surface area (TPSA) is 43.4 Å². The molecule has 1 aromatic rings. The van der Waals surface area contributed by atoms with Crippen LogP contribution in [-0.4, -0.2) is 20.8 Å². The Morgan fingerprint density at radius 1 is 1.35 bits per heavy atom. The molecule has 0 fully saturated rings. The molecule has 6 heteroatoms. The maximum absolute atomic E-state index is 13.5. The highest BCUT2D eigenvalue weighted by atomic mass is 35.7. The maximum atomic E-state index is 13.5. The van der Waals surface area contributed by atoms with E-state index in [2.05, 4.69) is 0 Å². The zero-order chi connectivity index (χ0) is 12.9. The summed E-state index contributed by atoms with van der Waals surface area (Å²) in [6.07, 6.45) is 0.915. The molecular formula is C11H14ClFO3S. The van der Waals surface area contributed by atoms with Gasteiger partial charge in [0.25, 0.3) is 0 Å². The van der Waals surface area contributed by atoms with Gasteiger partial charge in [0, 0.05) is 10.7 Å². The minimum atomic E-state index is -3.44. The summed E-state index contributed by atoms with van der Waals surface area (Å²) in [6.45, 7) is 1.93. The van der Waals surface area contributed by atoms with E-state index in [1.165, 1.54) is 0 Å². The Kier molecular flexibility index (Phi) is 5.21. The van der Waals surface area contributed by atoms with Crippen LogP contribution in [0.25, 0.3) is 0 Å². The molecule has 0 saturated heterocycles. The second kappa shape index (κ2) is 6.21. The van der Waals surface area contributed by atoms with E-state index in [1.54, 1.807) is 25.1 Å². The second-order valence-corrected chi connectivity index (χ2v) is 6.58. The largest absolute Gasteiger partial charge is 0.491 e. The minimum Gasteiger partial charge on any atom is -0.491 e. The molecule has 1 aromatic carbocycles. The molecular weight excluding hydrogens is 267 g/mol. The summed E-state index contributed by atoms with van der Waals surface area (Å²) in [5.41, 5.74) is 0.519. The second-order valence-electron chi connectivity index (χ2n) is 3.69. The van der Waals surface area contributed by atoms with Gasteiger partial charge in [-0.15, -0.1) is 0 Å². The van der Waals surface area contributed by atoms with Gasteiger partial charge in [-0.25, -0.2) is 12.8 Å². The van der Waals surface area contributed by atoms with Crippen molar-refractivity contribution in [2.75, 3.05) is 12.4 Å². The number of aryl methyl sites for hydroxylation is 1. The van der Waals surface area contributed by atoms with E-state index >= 15 is 0 Å². The molecule has 0 aliphatic heterocycles. The fraction of sp³-hybridized carbons (Fsp3) is 0.455. The van der Waals surface area contributed by atoms with Crippen molar-refractivity contribution in [3.8, 4) is 5.75 Å². The van der Waals surface area contributed by atoms with Crippen molar-refractivity contribution in [1.82, 2.24) is 0 Å². The number of hydrogen-bond acceptors (Lipinski definition) is 3. The van der Waals surface area contributed by atoms with Gasteiger partial charge in [-0.05, 0) is 31.4 Å². The molecule has 0 N–H and O–H groups in total. The van der Waals surface area contributed by atoms with Gasteiger partial charge < -0.3 is 4.74 Å². The van der Waals surface area contributed by atoms with Crippen LogP contribution in [0.1, 0.15) is 18.4 Å². The van der Waals surface area contributed by atoms with Crippen LogP contribution in [0.15, 0.2) is 18.2 Å². The first-order valence-corrected chi connectivity index (χ1v) is 7.68. The van der Waals surface area contributed by atoms with Crippen molar-refractivity contribution in [2.45, 2.75) is 19.8 Å². The van der Waals surface area contributed by atoms with E-state index < -0.39 is 9.05 Å². The molecule has 0 aliphatic carbocycles. The first kappa shape index (κ1) is 14.3. The SMILES string of the molecule is Cc1cccc(OCCCCS(=O)(=O)Cl)c1F. The van der Waals surface area contributed by atoms with Crippen molar-refractivity contribution >= 4 is 19.7 Å². The normalized spacial score (nSPS) is 11.5. The zero-order valence-corrected chi connectivity index (χ0v) is 11.0. The van der Waals surface area contributed by atoms with E-state index in [0.29, 0.717) is 18.4 Å². The highest BCUT2D eigenvalue weighted by Gasteiger charge is 2.07. The maximum Gasteiger partial charge on any atom is 0.232 e. The van der Waals surface area contributed by atoms with Crippen molar-refractivity contribution in [1.29, 1.82) is 0 Å². The third-order valence-electron chi connectivity index (χ3n) is 2.20. The van der Waals surface area contributed by atoms with Gasteiger partial charge in [0.05, 0.1) is 12.4 Å². The van der Waals surface area contributed by atoms with Crippen LogP contribution in [0.2, 0.25) is 0 Å². The number of benzene rings is 1. The van der Waals surface area contributed by atoms with Gasteiger partial charge in [-0.1, -0.05) is 12.1 Å². The average Bonchev–Trinajstić information content (AvgIpc) is 2.22. The molecule has 3 nitrogen and oxygen atoms in total. The highest BCUT2D eigenvalue weighted by Crippen LogP contribution is 2.19. The van der Waals surface area contributed by atoms with E-state index in [-0.39, 0.29) is 23.9 Å². The third-order valence-corrected chi connectivity index (χ3v) is 3.44. The smallest absolute Gasteiger partial charge is 0.232 e. The molecule has 1 rings (SSSR count). The van der Waals surface area contributed by atoms with Gasteiger partial charge in [0.2, 0.25) is 9.05 Å². The lowest BCUT2D eigenvalue weighted by Crippen LogP contribution is -2.03. The van der Waals surface area contributed by atoms with Gasteiger partial charge in [0.15, 0.2) is 11.6 Å². The average molecular weight is 281 g/mol. The third kappa shape index (κ3) is 5.37. The molecule has 0 radical (unpaired) electrons. The number of ether oxygens (including phenoxy) is 1. The molecule has 0 amide bonds. The molecule has 96 valence electrons. The predicted molar refractivity (Wildman–Crippen MR) is 65.5 cm³/mol. The quantitative estimate of drug-likeness (QED) is 0.594. The Labute approximate surface area is 105 Å². The zero-order valence-electron chi connectivity index (χ0n) is 9.45. The van der Waals surface area contributed by atoms with Crippen molar-refractivity contribution in [3.05, 3.63) is 29.6 Å². The molecule has 0 atom stereocenters. The predicted octanol–water partition coefficient (Wildman–Crippen LogP) is 2.86. The lowest BCUT2D eigenvalue weighted by molar-refractivity contribution is 0.294. The molecule has 0 aliphatic rings. The molecule has 0 aromatic heterocycles. The highest BCUT2D eigenvalue weighted by molar-refractivity contribution is 8.13. The van der Waals surface area contributed by atoms with E-state index in [4.69, 9.17) is 15.4 Å². The van der Waals surface area contributed by atoms with Crippen LogP contribution >= 0.6 is 10.7 Å². The van der Waals surface area contributed by atoms with Crippen LogP contribution in [-0.2, 0) is 9.05 Å². The van der Waals surface area contributed by atoms with Crippen LogP contribution in [0, 0.1) is 12.7 Å². The van der Waals surface area contributed by atoms with E-state index in [1.807, 2.05) is 0 Å². The minimum absolute atomic E-state index is 0.0891. The summed E-state index contributed by atoms with van der Waals surface area (Å²) in [7, 11) is 1.60. The van der Waals surface area contributed by atoms with Gasteiger partial charge >= 0.3 is 0 Å². The summed E-state index contributed by atoms with van der Waals surface area (Å²) in [6, 6.07) is 4.90. The summed E-state index contributed by atoms with van der Waals surface area (Å²) in [5.74, 6) is -0.273. The fourth-order valence-corrected chi connectivity index (χ4v) is 2.17. The lowest BCUT2D eigenvalue weighted by Gasteiger charge is -2.07. The molecule has 17 heavy (non-hydrogen) atoms. The first-order chi connectivity index (χ1) is 7.90. The van der Waals surface area contributed by atoms with Crippen molar-refractivity contribution in [2.24, 2.45) is 0 Å². The fourth-order valence-electron chi connectivity index (χ4n) is 1.29. The first-order valence-electron chi connectivity index (χ1n) is 5.20. The Morgan fingerprint density at radius 2 is 2.06 bits per heavy atom. The van der Waals surface area contributed by atoms with Crippen LogP contribution < -0.4 is 4.74 Å². The van der Waals surface area contributed by atoms with Crippen LogP contribution in [0.3, 0.4) is 0 Å². The monoisotopic (exact) mass is 280 g/mol. The van der Waals surface area contributed by atoms with E-state index in [0.717, 1.165) is 0 Å². The number of hydrogen-bond donors (Lipinski definition) is 0. The molecule has 0 bridgehead atoms. The van der Waals surface area contributed by atoms with E-state index in [9.17, 15) is 12.8 Å². The van der Waals surface area contributed by atoms with Crippen LogP contribution in [0.4, 0.5) is 4.39 Å². The summed E-state index contributed by atoms with van der Waals surface area (Å²) >= 11 is 0. The molecule has 0 spiro atoms. The lowest BCUT2D eigenvalue weighted by atomic mass is 10.2. The van der Waals surface area contributed by atoms with Crippen molar-refractivity contribution < 1.29 is 17.5 Å². The summed E-state index contributed by atoms with van der Waals surface area (Å²) in [4.78, 5) is 0. The Hall–Kier alpha value is -0.810. The van der Waals surface area contributed by atoms with Gasteiger partial charge in [-0.2, -0.15) is 0 Å². The summed E-state index contributed by atoms with van der Waals surface area (Å²) in [5, 5.41) is 0. The number of halogens is 2. The molecule has 0 heterocycles. The van der Waals surface area contributed by atoms with Crippen molar-refractivity contribution in [3.63, 3.8) is 0 Å².